The molecule has 0 aliphatic heterocycles. The lowest BCUT2D eigenvalue weighted by Crippen LogP contribution is -1.96. The summed E-state index contributed by atoms with van der Waals surface area (Å²) >= 11 is 3.44. The first-order valence-electron chi connectivity index (χ1n) is 5.81. The summed E-state index contributed by atoms with van der Waals surface area (Å²) in [6, 6.07) is 12.1. The van der Waals surface area contributed by atoms with Gasteiger partial charge in [-0.05, 0) is 29.6 Å². The van der Waals surface area contributed by atoms with Gasteiger partial charge in [0.15, 0.2) is 5.82 Å². The smallest absolute Gasteiger partial charge is 0.172 e. The van der Waals surface area contributed by atoms with Gasteiger partial charge in [0.05, 0.1) is 10.4 Å². The molecule has 0 aliphatic carbocycles. The van der Waals surface area contributed by atoms with Crippen LogP contribution >= 0.6 is 22.7 Å². The maximum atomic E-state index is 6.02. The molecular weight excluding hydrogens is 274 g/mol. The van der Waals surface area contributed by atoms with Gasteiger partial charge in [0.1, 0.15) is 5.82 Å². The Kier molecular flexibility index (Phi) is 2.30. The lowest BCUT2D eigenvalue weighted by molar-refractivity contribution is 1.25. The van der Waals surface area contributed by atoms with E-state index in [-0.39, 0.29) is 0 Å². The molecule has 5 heteroatoms. The minimum absolute atomic E-state index is 0.539. The number of hydrogen-bond donors (Lipinski definition) is 1. The molecule has 0 unspecified atom stereocenters. The molecule has 0 aliphatic rings. The van der Waals surface area contributed by atoms with Crippen LogP contribution < -0.4 is 5.73 Å². The van der Waals surface area contributed by atoms with E-state index in [0.717, 1.165) is 15.8 Å². The van der Waals surface area contributed by atoms with Gasteiger partial charge in [-0.15, -0.1) is 22.7 Å². The predicted molar refractivity (Wildman–Crippen MR) is 82.6 cm³/mol. The zero-order valence-corrected chi connectivity index (χ0v) is 11.5. The monoisotopic (exact) mass is 283 g/mol. The molecular formula is C14H9N3S2. The van der Waals surface area contributed by atoms with E-state index in [9.17, 15) is 0 Å². The fourth-order valence-electron chi connectivity index (χ4n) is 2.09. The highest BCUT2D eigenvalue weighted by Crippen LogP contribution is 2.35. The highest BCUT2D eigenvalue weighted by Gasteiger charge is 2.10. The second-order valence-electron chi connectivity index (χ2n) is 4.21. The summed E-state index contributed by atoms with van der Waals surface area (Å²) < 4.78 is 2.55. The van der Waals surface area contributed by atoms with Gasteiger partial charge in [-0.25, -0.2) is 9.97 Å². The van der Waals surface area contributed by atoms with Gasteiger partial charge < -0.3 is 5.73 Å². The van der Waals surface area contributed by atoms with Crippen LogP contribution in [0.1, 0.15) is 0 Å². The average molecular weight is 283 g/mol. The van der Waals surface area contributed by atoms with Gasteiger partial charge in [-0.3, -0.25) is 0 Å². The van der Waals surface area contributed by atoms with Crippen molar-refractivity contribution in [3.8, 4) is 10.7 Å². The third-order valence-corrected chi connectivity index (χ3v) is 5.08. The second-order valence-corrected chi connectivity index (χ2v) is 6.24. The molecule has 0 atom stereocenters. The van der Waals surface area contributed by atoms with Crippen LogP contribution in [0, 0.1) is 0 Å². The fourth-order valence-corrected chi connectivity index (χ4v) is 4.13. The Morgan fingerprint density at radius 2 is 1.89 bits per heavy atom. The van der Waals surface area contributed by atoms with Crippen molar-refractivity contribution in [3.05, 3.63) is 41.8 Å². The summed E-state index contributed by atoms with van der Waals surface area (Å²) in [5.74, 6) is 1.25. The van der Waals surface area contributed by atoms with Crippen LogP contribution in [-0.2, 0) is 0 Å². The number of hydrogen-bond acceptors (Lipinski definition) is 5. The summed E-state index contributed by atoms with van der Waals surface area (Å²) in [6.07, 6.45) is 0. The summed E-state index contributed by atoms with van der Waals surface area (Å²) in [5, 5.41) is 3.00. The quantitative estimate of drug-likeness (QED) is 0.571. The highest BCUT2D eigenvalue weighted by atomic mass is 32.1. The Morgan fingerprint density at radius 3 is 2.79 bits per heavy atom. The number of thiophene rings is 2. The summed E-state index contributed by atoms with van der Waals surface area (Å²) in [6.45, 7) is 0. The van der Waals surface area contributed by atoms with E-state index in [0.29, 0.717) is 11.6 Å². The third kappa shape index (κ3) is 1.70. The van der Waals surface area contributed by atoms with Crippen LogP contribution in [0.15, 0.2) is 41.8 Å². The van der Waals surface area contributed by atoms with Crippen LogP contribution in [0.25, 0.3) is 31.0 Å². The molecule has 3 nitrogen and oxygen atoms in total. The lowest BCUT2D eigenvalue weighted by Gasteiger charge is -2.03. The second kappa shape index (κ2) is 4.01. The summed E-state index contributed by atoms with van der Waals surface area (Å²) in [5.41, 5.74) is 6.91. The number of rotatable bonds is 1. The van der Waals surface area contributed by atoms with Crippen molar-refractivity contribution in [2.75, 3.05) is 5.73 Å². The molecule has 0 amide bonds. The lowest BCUT2D eigenvalue weighted by atomic mass is 10.2. The first kappa shape index (κ1) is 10.9. The average Bonchev–Trinajstić information content (AvgIpc) is 2.99. The Morgan fingerprint density at radius 1 is 1.00 bits per heavy atom. The fraction of sp³-hybridized carbons (Fsp3) is 0. The number of nitrogens with two attached hydrogens (primary N) is 1. The number of fused-ring (bicyclic) bond motifs is 2. The van der Waals surface area contributed by atoms with Crippen molar-refractivity contribution in [1.29, 1.82) is 0 Å². The van der Waals surface area contributed by atoms with Gasteiger partial charge in [-0.2, -0.15) is 0 Å². The molecule has 92 valence electrons. The maximum absolute atomic E-state index is 6.02. The van der Waals surface area contributed by atoms with Crippen molar-refractivity contribution < 1.29 is 0 Å². The first-order valence-corrected chi connectivity index (χ1v) is 7.50. The first-order chi connectivity index (χ1) is 9.31. The van der Waals surface area contributed by atoms with E-state index in [4.69, 9.17) is 5.73 Å². The summed E-state index contributed by atoms with van der Waals surface area (Å²) in [7, 11) is 0. The Bertz CT molecular complexity index is 863. The van der Waals surface area contributed by atoms with Crippen molar-refractivity contribution in [3.63, 3.8) is 0 Å². The predicted octanol–water partition coefficient (Wildman–Crippen LogP) is 4.16. The van der Waals surface area contributed by atoms with Gasteiger partial charge in [0.2, 0.25) is 0 Å². The number of aromatic nitrogens is 2. The molecule has 0 bridgehead atoms. The normalized spacial score (nSPS) is 11.4. The van der Waals surface area contributed by atoms with Crippen molar-refractivity contribution in [2.45, 2.75) is 0 Å². The number of nitrogen functional groups attached to an aromatic ring is 1. The summed E-state index contributed by atoms with van der Waals surface area (Å²) in [4.78, 5) is 10.1. The number of benzene rings is 1. The molecule has 2 N–H and O–H groups in total. The topological polar surface area (TPSA) is 51.8 Å². The zero-order chi connectivity index (χ0) is 12.8. The zero-order valence-electron chi connectivity index (χ0n) is 9.83. The van der Waals surface area contributed by atoms with Gasteiger partial charge in [0.25, 0.3) is 0 Å². The van der Waals surface area contributed by atoms with E-state index in [1.54, 1.807) is 22.7 Å². The number of nitrogens with zero attached hydrogens (tertiary/aromatic N) is 2. The molecule has 0 saturated carbocycles. The van der Waals surface area contributed by atoms with Crippen molar-refractivity contribution in [1.82, 2.24) is 9.97 Å². The van der Waals surface area contributed by atoms with Crippen molar-refractivity contribution >= 4 is 48.8 Å². The van der Waals surface area contributed by atoms with Crippen LogP contribution in [-0.4, -0.2) is 9.97 Å². The van der Waals surface area contributed by atoms with E-state index >= 15 is 0 Å². The van der Waals surface area contributed by atoms with Gasteiger partial charge >= 0.3 is 0 Å². The standard InChI is InChI=1S/C14H9N3S2/c15-13-8-3-1-2-4-9(8)16-14(17-13)12-7-11-10(19-12)5-6-18-11/h1-7H,(H2,15,16,17). The SMILES string of the molecule is Nc1nc(-c2cc3sccc3s2)nc2ccccc12. The molecule has 0 radical (unpaired) electrons. The van der Waals surface area contributed by atoms with Crippen LogP contribution in [0.4, 0.5) is 5.82 Å². The van der Waals surface area contributed by atoms with E-state index in [2.05, 4.69) is 27.5 Å². The highest BCUT2D eigenvalue weighted by molar-refractivity contribution is 7.28. The molecule has 0 fully saturated rings. The molecule has 19 heavy (non-hydrogen) atoms. The molecule has 3 heterocycles. The van der Waals surface area contributed by atoms with E-state index in [1.807, 2.05) is 24.3 Å². The Balaban J connectivity index is 1.97. The number of anilines is 1. The van der Waals surface area contributed by atoms with Crippen LogP contribution in [0.2, 0.25) is 0 Å². The third-order valence-electron chi connectivity index (χ3n) is 2.99. The number of para-hydroxylation sites is 1. The van der Waals surface area contributed by atoms with Crippen LogP contribution in [0.5, 0.6) is 0 Å². The molecule has 0 spiro atoms. The minimum atomic E-state index is 0.539. The Labute approximate surface area is 117 Å². The molecule has 1 aromatic carbocycles. The molecule has 4 rings (SSSR count). The Hall–Kier alpha value is -1.98. The van der Waals surface area contributed by atoms with E-state index < -0.39 is 0 Å². The van der Waals surface area contributed by atoms with Crippen molar-refractivity contribution in [2.24, 2.45) is 0 Å². The van der Waals surface area contributed by atoms with E-state index in [1.165, 1.54) is 9.40 Å². The maximum Gasteiger partial charge on any atom is 0.172 e. The van der Waals surface area contributed by atoms with Gasteiger partial charge in [-0.1, -0.05) is 12.1 Å². The molecule has 3 aromatic heterocycles. The van der Waals surface area contributed by atoms with Gasteiger partial charge in [0, 0.05) is 14.8 Å². The van der Waals surface area contributed by atoms with Crippen LogP contribution in [0.3, 0.4) is 0 Å². The molecule has 0 saturated heterocycles. The molecule has 4 aromatic rings. The minimum Gasteiger partial charge on any atom is -0.383 e. The largest absolute Gasteiger partial charge is 0.383 e.